The van der Waals surface area contributed by atoms with Crippen LogP contribution in [0.5, 0.6) is 0 Å². The van der Waals surface area contributed by atoms with Crippen LogP contribution in [0.1, 0.15) is 0 Å². The van der Waals surface area contributed by atoms with Gasteiger partial charge in [-0.2, -0.15) is 0 Å². The van der Waals surface area contributed by atoms with Gasteiger partial charge >= 0.3 is 0 Å². The van der Waals surface area contributed by atoms with Gasteiger partial charge in [-0.15, -0.1) is 0 Å². The molecule has 0 aromatic carbocycles. The fourth-order valence-electron chi connectivity index (χ4n) is 0. The zero-order valence-electron chi connectivity index (χ0n) is 1.87. The summed E-state index contributed by atoms with van der Waals surface area (Å²) in [6.45, 7) is 0. The molecular formula is Br2OSr. The minimum absolute atomic E-state index is 0. The quantitative estimate of drug-likeness (QED) is 0.598. The summed E-state index contributed by atoms with van der Waals surface area (Å²) < 4.78 is 3.88. The fraction of sp³-hybridized carbons (Fsp3) is 0. The van der Waals surface area contributed by atoms with E-state index in [0.29, 0.717) is 0 Å². The first-order chi connectivity index (χ1) is 1.41. The van der Waals surface area contributed by atoms with Gasteiger partial charge in [0.1, 0.15) is 32.5 Å². The van der Waals surface area contributed by atoms with Crippen LogP contribution in [-0.4, -0.2) is 45.5 Å². The third-order valence-electron chi connectivity index (χ3n) is 0. The van der Waals surface area contributed by atoms with Crippen molar-refractivity contribution < 1.29 is 2.92 Å². The third kappa shape index (κ3) is 8.83. The minimum atomic E-state index is 0. The number of hydrogen-bond acceptors (Lipinski definition) is 1. The molecule has 0 atom stereocenters. The Bertz CT molecular complexity index is 6.00. The molecule has 22 valence electrons. The molecule has 0 saturated heterocycles. The topological polar surface area (TPSA) is 9.23 Å². The van der Waals surface area contributed by atoms with E-state index < -0.39 is 0 Å². The van der Waals surface area contributed by atoms with Crippen LogP contribution in [0.15, 0.2) is 0 Å². The summed E-state index contributed by atoms with van der Waals surface area (Å²) in [6, 6.07) is 0. The summed E-state index contributed by atoms with van der Waals surface area (Å²) in [5.74, 6) is 0. The van der Waals surface area contributed by atoms with Crippen molar-refractivity contribution in [2.45, 2.75) is 0 Å². The van der Waals surface area contributed by atoms with Crippen LogP contribution >= 0.6 is 32.5 Å². The molecule has 0 unspecified atom stereocenters. The summed E-state index contributed by atoms with van der Waals surface area (Å²) in [5.41, 5.74) is 0. The van der Waals surface area contributed by atoms with E-state index in [1.165, 1.54) is 0 Å². The molecule has 0 bridgehead atoms. The van der Waals surface area contributed by atoms with E-state index in [1.807, 2.05) is 0 Å². The first-order valence-electron chi connectivity index (χ1n) is 0.309. The van der Waals surface area contributed by atoms with Crippen molar-refractivity contribution in [1.82, 2.24) is 0 Å². The van der Waals surface area contributed by atoms with Crippen molar-refractivity contribution in [2.75, 3.05) is 0 Å². The second-order valence-corrected chi connectivity index (χ2v) is 1.57. The van der Waals surface area contributed by atoms with E-state index in [9.17, 15) is 0 Å². The Labute approximate surface area is 79.3 Å². The van der Waals surface area contributed by atoms with Crippen LogP contribution in [0.25, 0.3) is 0 Å². The maximum atomic E-state index is 3.88. The van der Waals surface area contributed by atoms with Crippen molar-refractivity contribution in [1.29, 1.82) is 0 Å². The summed E-state index contributed by atoms with van der Waals surface area (Å²) in [6.07, 6.45) is 0. The maximum Gasteiger partial charge on any atom is 0.115 e. The van der Waals surface area contributed by atoms with Crippen LogP contribution < -0.4 is 0 Å². The zero-order valence-corrected chi connectivity index (χ0v) is 8.52. The van der Waals surface area contributed by atoms with Crippen LogP contribution in [-0.2, 0) is 2.92 Å². The summed E-state index contributed by atoms with van der Waals surface area (Å²) in [4.78, 5) is 0. The molecule has 0 aliphatic carbocycles. The third-order valence-corrected chi connectivity index (χ3v) is 0. The van der Waals surface area contributed by atoms with Crippen LogP contribution in [0.3, 0.4) is 0 Å². The van der Waals surface area contributed by atoms with E-state index >= 15 is 0 Å². The van der Waals surface area contributed by atoms with Crippen molar-refractivity contribution in [3.8, 4) is 0 Å². The van der Waals surface area contributed by atoms with Crippen molar-refractivity contribution in [2.24, 2.45) is 0 Å². The summed E-state index contributed by atoms with van der Waals surface area (Å²) in [7, 11) is 0. The van der Waals surface area contributed by atoms with E-state index in [1.54, 1.807) is 0 Å². The molecule has 0 fully saturated rings. The monoisotopic (exact) mass is 262 g/mol. The average molecular weight is 263 g/mol. The van der Waals surface area contributed by atoms with Crippen LogP contribution in [0.4, 0.5) is 0 Å². The predicted molar refractivity (Wildman–Crippen MR) is 24.7 cm³/mol. The standard InChI is InChI=1S/Br2O.Sr/c1-3-2;. The maximum absolute atomic E-state index is 3.88. The summed E-state index contributed by atoms with van der Waals surface area (Å²) >= 11 is 5.12. The molecule has 4 heteroatoms. The van der Waals surface area contributed by atoms with Gasteiger partial charge in [0, 0.05) is 45.5 Å². The van der Waals surface area contributed by atoms with E-state index in [2.05, 4.69) is 35.4 Å². The average Bonchev–Trinajstić information content (AvgIpc) is 0.918. The van der Waals surface area contributed by atoms with Gasteiger partial charge in [0.25, 0.3) is 0 Å². The smallest absolute Gasteiger partial charge is 0.115 e. The van der Waals surface area contributed by atoms with Gasteiger partial charge in [0.2, 0.25) is 0 Å². The first kappa shape index (κ1) is 9.64. The SMILES string of the molecule is BrOBr.[Sr]. The van der Waals surface area contributed by atoms with Gasteiger partial charge in [-0.05, 0) is 0 Å². The Morgan fingerprint density at radius 3 is 1.25 bits per heavy atom. The molecule has 0 aromatic rings. The second-order valence-electron chi connectivity index (χ2n) is 0.0583. The predicted octanol–water partition coefficient (Wildman–Crippen LogP) is 1.24. The molecule has 0 heterocycles. The molecule has 0 aliphatic rings. The molecule has 0 saturated carbocycles. The molecular weight excluding hydrogens is 263 g/mol. The largest absolute Gasteiger partial charge is 0.230 e. The van der Waals surface area contributed by atoms with E-state index in [-0.39, 0.29) is 45.5 Å². The van der Waals surface area contributed by atoms with Gasteiger partial charge in [0.05, 0.1) is 0 Å². The molecule has 1 nitrogen and oxygen atoms in total. The molecule has 0 N–H and O–H groups in total. The molecule has 0 aliphatic heterocycles. The second kappa shape index (κ2) is 9.04. The van der Waals surface area contributed by atoms with Crippen molar-refractivity contribution >= 4 is 78.0 Å². The minimum Gasteiger partial charge on any atom is -0.230 e. The van der Waals surface area contributed by atoms with Crippen molar-refractivity contribution in [3.05, 3.63) is 0 Å². The van der Waals surface area contributed by atoms with Gasteiger partial charge in [-0.1, -0.05) is 0 Å². The van der Waals surface area contributed by atoms with Gasteiger partial charge in [-0.25, -0.2) is 2.92 Å². The molecule has 0 rings (SSSR count). The Hall–Kier alpha value is 2.40. The summed E-state index contributed by atoms with van der Waals surface area (Å²) in [5, 5.41) is 0. The van der Waals surface area contributed by atoms with Crippen LogP contribution in [0.2, 0.25) is 0 Å². The molecule has 0 amide bonds. The van der Waals surface area contributed by atoms with Gasteiger partial charge < -0.3 is 0 Å². The molecule has 0 spiro atoms. The number of rotatable bonds is 0. The molecule has 2 radical (unpaired) electrons. The number of halogens is 2. The Balaban J connectivity index is 0. The zero-order chi connectivity index (χ0) is 2.71. The molecule has 0 aromatic heterocycles. The van der Waals surface area contributed by atoms with Crippen molar-refractivity contribution in [3.63, 3.8) is 0 Å². The normalized spacial score (nSPS) is 4.50. The Kier molecular flexibility index (Phi) is 21.8. The van der Waals surface area contributed by atoms with Gasteiger partial charge in [0.15, 0.2) is 0 Å². The van der Waals surface area contributed by atoms with Crippen LogP contribution in [0, 0.1) is 0 Å². The fourth-order valence-corrected chi connectivity index (χ4v) is 0. The van der Waals surface area contributed by atoms with E-state index in [0.717, 1.165) is 0 Å². The molecule has 4 heavy (non-hydrogen) atoms. The number of hydrogen-bond donors (Lipinski definition) is 0. The Morgan fingerprint density at radius 1 is 1.25 bits per heavy atom. The first-order valence-corrected chi connectivity index (χ1v) is 1.60. The van der Waals surface area contributed by atoms with Gasteiger partial charge in [-0.3, -0.25) is 0 Å². The van der Waals surface area contributed by atoms with E-state index in [4.69, 9.17) is 0 Å². The Morgan fingerprint density at radius 2 is 1.25 bits per heavy atom.